The SMILES string of the molecule is CCOC(=O)c1ccc(C#N)c(S(=O)(=O)Cl)c1. The first-order valence-electron chi connectivity index (χ1n) is 4.56. The molecule has 0 fully saturated rings. The summed E-state index contributed by atoms with van der Waals surface area (Å²) in [5.74, 6) is -0.668. The van der Waals surface area contributed by atoms with Crippen LogP contribution < -0.4 is 0 Å². The van der Waals surface area contributed by atoms with Gasteiger partial charge in [-0.05, 0) is 25.1 Å². The van der Waals surface area contributed by atoms with Crippen LogP contribution in [0.4, 0.5) is 0 Å². The number of esters is 1. The number of benzene rings is 1. The van der Waals surface area contributed by atoms with Gasteiger partial charge in [0.05, 0.1) is 17.7 Å². The van der Waals surface area contributed by atoms with Crippen molar-refractivity contribution in [2.75, 3.05) is 6.61 Å². The predicted octanol–water partition coefficient (Wildman–Crippen LogP) is 1.66. The van der Waals surface area contributed by atoms with Crippen LogP contribution in [0.3, 0.4) is 0 Å². The Hall–Kier alpha value is -1.58. The van der Waals surface area contributed by atoms with Gasteiger partial charge in [0, 0.05) is 10.7 Å². The van der Waals surface area contributed by atoms with Crippen molar-refractivity contribution in [2.24, 2.45) is 0 Å². The first-order valence-corrected chi connectivity index (χ1v) is 6.87. The number of ether oxygens (including phenoxy) is 1. The summed E-state index contributed by atoms with van der Waals surface area (Å²) in [7, 11) is 1.09. The van der Waals surface area contributed by atoms with Crippen LogP contribution in [0.15, 0.2) is 23.1 Å². The lowest BCUT2D eigenvalue weighted by Gasteiger charge is -2.04. The molecule has 0 atom stereocenters. The van der Waals surface area contributed by atoms with Gasteiger partial charge in [0.2, 0.25) is 0 Å². The second-order valence-corrected chi connectivity index (χ2v) is 5.52. The number of carbonyl (C=O) groups is 1. The number of hydrogen-bond donors (Lipinski definition) is 0. The highest BCUT2D eigenvalue weighted by Gasteiger charge is 2.18. The summed E-state index contributed by atoms with van der Waals surface area (Å²) in [5.41, 5.74) is -0.0851. The molecule has 1 aromatic rings. The lowest BCUT2D eigenvalue weighted by molar-refractivity contribution is 0.0526. The maximum atomic E-state index is 11.4. The minimum atomic E-state index is -4.07. The van der Waals surface area contributed by atoms with Gasteiger partial charge in [-0.2, -0.15) is 5.26 Å². The van der Waals surface area contributed by atoms with Gasteiger partial charge in [-0.25, -0.2) is 13.2 Å². The van der Waals surface area contributed by atoms with E-state index in [0.29, 0.717) is 0 Å². The molecule has 1 rings (SSSR count). The van der Waals surface area contributed by atoms with Gasteiger partial charge in [-0.3, -0.25) is 0 Å². The van der Waals surface area contributed by atoms with Gasteiger partial charge >= 0.3 is 5.97 Å². The second-order valence-electron chi connectivity index (χ2n) is 2.98. The fourth-order valence-corrected chi connectivity index (χ4v) is 2.18. The van der Waals surface area contributed by atoms with Crippen molar-refractivity contribution in [1.29, 1.82) is 5.26 Å². The molecule has 90 valence electrons. The van der Waals surface area contributed by atoms with E-state index in [4.69, 9.17) is 20.7 Å². The Balaban J connectivity index is 3.34. The third kappa shape index (κ3) is 3.19. The molecule has 0 aliphatic rings. The van der Waals surface area contributed by atoms with E-state index < -0.39 is 19.9 Å². The Morgan fingerprint density at radius 1 is 1.53 bits per heavy atom. The highest BCUT2D eigenvalue weighted by atomic mass is 35.7. The monoisotopic (exact) mass is 273 g/mol. The predicted molar refractivity (Wildman–Crippen MR) is 60.2 cm³/mol. The van der Waals surface area contributed by atoms with Gasteiger partial charge in [0.15, 0.2) is 0 Å². The van der Waals surface area contributed by atoms with E-state index in [0.717, 1.165) is 6.07 Å². The normalized spacial score (nSPS) is 10.6. The average Bonchev–Trinajstić information content (AvgIpc) is 2.27. The Kier molecular flexibility index (Phi) is 4.10. The fraction of sp³-hybridized carbons (Fsp3) is 0.200. The largest absolute Gasteiger partial charge is 0.462 e. The van der Waals surface area contributed by atoms with Gasteiger partial charge < -0.3 is 4.74 Å². The van der Waals surface area contributed by atoms with Crippen LogP contribution >= 0.6 is 10.7 Å². The minimum absolute atomic E-state index is 0.0325. The topological polar surface area (TPSA) is 84.2 Å². The van der Waals surface area contributed by atoms with E-state index in [-0.39, 0.29) is 17.7 Å². The lowest BCUT2D eigenvalue weighted by atomic mass is 10.1. The summed E-state index contributed by atoms with van der Waals surface area (Å²) in [5, 5.41) is 8.73. The van der Waals surface area contributed by atoms with Crippen molar-refractivity contribution in [2.45, 2.75) is 11.8 Å². The zero-order valence-electron chi connectivity index (χ0n) is 8.81. The summed E-state index contributed by atoms with van der Waals surface area (Å²) in [6, 6.07) is 5.23. The van der Waals surface area contributed by atoms with Crippen LogP contribution in [0.2, 0.25) is 0 Å². The molecule has 0 N–H and O–H groups in total. The lowest BCUT2D eigenvalue weighted by Crippen LogP contribution is -2.06. The molecule has 0 saturated carbocycles. The van der Waals surface area contributed by atoms with E-state index in [2.05, 4.69) is 0 Å². The highest BCUT2D eigenvalue weighted by molar-refractivity contribution is 8.13. The Labute approximate surface area is 103 Å². The highest BCUT2D eigenvalue weighted by Crippen LogP contribution is 2.21. The molecule has 0 heterocycles. The average molecular weight is 274 g/mol. The van der Waals surface area contributed by atoms with E-state index in [1.807, 2.05) is 0 Å². The van der Waals surface area contributed by atoms with Crippen molar-refractivity contribution in [3.05, 3.63) is 29.3 Å². The zero-order valence-corrected chi connectivity index (χ0v) is 10.4. The van der Waals surface area contributed by atoms with Crippen molar-refractivity contribution in [3.8, 4) is 6.07 Å². The van der Waals surface area contributed by atoms with Gasteiger partial charge in [-0.15, -0.1) is 0 Å². The number of hydrogen-bond acceptors (Lipinski definition) is 5. The first kappa shape index (κ1) is 13.5. The molecule has 0 aliphatic carbocycles. The number of carbonyl (C=O) groups excluding carboxylic acids is 1. The molecule has 17 heavy (non-hydrogen) atoms. The molecule has 5 nitrogen and oxygen atoms in total. The summed E-state index contributed by atoms with van der Waals surface area (Å²) in [4.78, 5) is 11.0. The number of nitriles is 1. The third-order valence-corrected chi connectivity index (χ3v) is 3.24. The number of nitrogens with zero attached hydrogens (tertiary/aromatic N) is 1. The van der Waals surface area contributed by atoms with Crippen molar-refractivity contribution < 1.29 is 17.9 Å². The van der Waals surface area contributed by atoms with E-state index >= 15 is 0 Å². The smallest absolute Gasteiger partial charge is 0.338 e. The molecule has 0 spiro atoms. The second kappa shape index (κ2) is 5.17. The van der Waals surface area contributed by atoms with Crippen LogP contribution in [0.5, 0.6) is 0 Å². The van der Waals surface area contributed by atoms with Gasteiger partial charge in [0.25, 0.3) is 9.05 Å². The van der Waals surface area contributed by atoms with Gasteiger partial charge in [-0.1, -0.05) is 0 Å². The van der Waals surface area contributed by atoms with Crippen molar-refractivity contribution in [3.63, 3.8) is 0 Å². The maximum absolute atomic E-state index is 11.4. The molecule has 0 amide bonds. The summed E-state index contributed by atoms with van der Waals surface area (Å²) >= 11 is 0. The van der Waals surface area contributed by atoms with Crippen LogP contribution in [0, 0.1) is 11.3 Å². The molecule has 1 aromatic carbocycles. The van der Waals surface area contributed by atoms with Crippen molar-refractivity contribution >= 4 is 25.7 Å². The van der Waals surface area contributed by atoms with E-state index in [1.165, 1.54) is 12.1 Å². The molecular weight excluding hydrogens is 266 g/mol. The van der Waals surface area contributed by atoms with Crippen LogP contribution in [0.25, 0.3) is 0 Å². The molecule has 0 radical (unpaired) electrons. The summed E-state index contributed by atoms with van der Waals surface area (Å²) in [6.07, 6.45) is 0. The molecule has 0 aliphatic heterocycles. The molecule has 0 saturated heterocycles. The van der Waals surface area contributed by atoms with Crippen molar-refractivity contribution in [1.82, 2.24) is 0 Å². The Bertz CT molecular complexity index is 589. The molecule has 0 aromatic heterocycles. The summed E-state index contributed by atoms with van der Waals surface area (Å²) < 4.78 is 27.1. The Morgan fingerprint density at radius 2 is 2.18 bits per heavy atom. The van der Waals surface area contributed by atoms with Crippen LogP contribution in [0.1, 0.15) is 22.8 Å². The quantitative estimate of drug-likeness (QED) is 0.618. The molecular formula is C10H8ClNO4S. The molecule has 0 bridgehead atoms. The Morgan fingerprint density at radius 3 is 2.65 bits per heavy atom. The summed E-state index contributed by atoms with van der Waals surface area (Å²) in [6.45, 7) is 1.79. The van der Waals surface area contributed by atoms with Crippen LogP contribution in [-0.4, -0.2) is 21.0 Å². The zero-order chi connectivity index (χ0) is 13.1. The fourth-order valence-electron chi connectivity index (χ4n) is 1.16. The van der Waals surface area contributed by atoms with Crippen LogP contribution in [-0.2, 0) is 13.8 Å². The molecule has 0 unspecified atom stereocenters. The molecule has 7 heteroatoms. The van der Waals surface area contributed by atoms with E-state index in [1.54, 1.807) is 13.0 Å². The first-order chi connectivity index (χ1) is 7.90. The minimum Gasteiger partial charge on any atom is -0.462 e. The number of rotatable bonds is 3. The standard InChI is InChI=1S/C10H8ClNO4S/c1-2-16-10(13)7-3-4-8(6-12)9(5-7)17(11,14)15/h3-5H,2H2,1H3. The third-order valence-electron chi connectivity index (χ3n) is 1.88. The maximum Gasteiger partial charge on any atom is 0.338 e. The van der Waals surface area contributed by atoms with Gasteiger partial charge in [0.1, 0.15) is 11.0 Å². The van der Waals surface area contributed by atoms with E-state index in [9.17, 15) is 13.2 Å². The number of halogens is 1.